The first-order chi connectivity index (χ1) is 9.66. The molecule has 0 aliphatic heterocycles. The van der Waals surface area contributed by atoms with E-state index in [0.29, 0.717) is 17.5 Å². The fraction of sp³-hybridized carbons (Fsp3) is 0.200. The molecule has 5 heteroatoms. The molecule has 3 aromatic rings. The summed E-state index contributed by atoms with van der Waals surface area (Å²) in [5, 5.41) is 3.89. The summed E-state index contributed by atoms with van der Waals surface area (Å²) < 4.78 is 5.37. The predicted molar refractivity (Wildman–Crippen MR) is 81.5 cm³/mol. The summed E-state index contributed by atoms with van der Waals surface area (Å²) in [6, 6.07) is 8.34. The van der Waals surface area contributed by atoms with Gasteiger partial charge in [0.1, 0.15) is 0 Å². The van der Waals surface area contributed by atoms with Crippen LogP contribution in [0.15, 0.2) is 40.5 Å². The molecule has 0 aliphatic carbocycles. The molecule has 4 nitrogen and oxygen atoms in total. The van der Waals surface area contributed by atoms with E-state index >= 15 is 0 Å². The van der Waals surface area contributed by atoms with Gasteiger partial charge in [0.25, 0.3) is 0 Å². The molecule has 0 aliphatic rings. The molecule has 0 bridgehead atoms. The van der Waals surface area contributed by atoms with Crippen LogP contribution in [-0.4, -0.2) is 10.1 Å². The minimum absolute atomic E-state index is 0.408. The highest BCUT2D eigenvalue weighted by atomic mass is 32.1. The summed E-state index contributed by atoms with van der Waals surface area (Å²) in [6.45, 7) is 4.34. The Morgan fingerprint density at radius 1 is 1.20 bits per heavy atom. The van der Waals surface area contributed by atoms with Gasteiger partial charge in [-0.1, -0.05) is 43.3 Å². The Labute approximate surface area is 121 Å². The Morgan fingerprint density at radius 3 is 2.55 bits per heavy atom. The van der Waals surface area contributed by atoms with Gasteiger partial charge in [-0.05, 0) is 17.0 Å². The quantitative estimate of drug-likeness (QED) is 0.784. The highest BCUT2D eigenvalue weighted by molar-refractivity contribution is 7.13. The average molecular weight is 285 g/mol. The van der Waals surface area contributed by atoms with Gasteiger partial charge in [0.15, 0.2) is 11.6 Å². The van der Waals surface area contributed by atoms with Gasteiger partial charge in [0.2, 0.25) is 0 Å². The Morgan fingerprint density at radius 2 is 1.95 bits per heavy atom. The highest BCUT2D eigenvalue weighted by Crippen LogP contribution is 2.38. The van der Waals surface area contributed by atoms with Crippen molar-refractivity contribution in [3.8, 4) is 21.8 Å². The van der Waals surface area contributed by atoms with Crippen LogP contribution in [0.5, 0.6) is 0 Å². The molecular weight excluding hydrogens is 270 g/mol. The summed E-state index contributed by atoms with van der Waals surface area (Å²) in [5.74, 6) is 1.60. The number of aromatic nitrogens is 2. The smallest absolute Gasteiger partial charge is 0.188 e. The summed E-state index contributed by atoms with van der Waals surface area (Å²) >= 11 is 1.51. The van der Waals surface area contributed by atoms with E-state index in [-0.39, 0.29) is 0 Å². The molecule has 0 atom stereocenters. The van der Waals surface area contributed by atoms with Gasteiger partial charge < -0.3 is 10.3 Å². The summed E-state index contributed by atoms with van der Waals surface area (Å²) in [5.41, 5.74) is 10.9. The first kappa shape index (κ1) is 12.9. The van der Waals surface area contributed by atoms with Gasteiger partial charge in [-0.15, -0.1) is 11.3 Å². The van der Waals surface area contributed by atoms with Crippen LogP contribution >= 0.6 is 11.3 Å². The van der Waals surface area contributed by atoms with Gasteiger partial charge in [0.05, 0.1) is 16.0 Å². The standard InChI is InChI=1S/C15H15N3OS/c1-9(2)10-3-5-11(6-4-10)13-14(19-18-15(13)16)12-7-17-8-20-12/h3-9H,1-2H3,(H2,16,18). The van der Waals surface area contributed by atoms with E-state index in [9.17, 15) is 0 Å². The van der Waals surface area contributed by atoms with Gasteiger partial charge in [-0.25, -0.2) is 0 Å². The second-order valence-electron chi connectivity index (χ2n) is 4.91. The Hall–Kier alpha value is -2.14. The van der Waals surface area contributed by atoms with Crippen molar-refractivity contribution in [3.63, 3.8) is 0 Å². The van der Waals surface area contributed by atoms with Gasteiger partial charge in [-0.3, -0.25) is 4.98 Å². The zero-order chi connectivity index (χ0) is 14.1. The van der Waals surface area contributed by atoms with Crippen molar-refractivity contribution in [2.45, 2.75) is 19.8 Å². The molecule has 0 radical (unpaired) electrons. The number of benzene rings is 1. The lowest BCUT2D eigenvalue weighted by molar-refractivity contribution is 0.437. The van der Waals surface area contributed by atoms with Crippen molar-refractivity contribution in [1.29, 1.82) is 0 Å². The van der Waals surface area contributed by atoms with Crippen molar-refractivity contribution in [2.75, 3.05) is 5.73 Å². The highest BCUT2D eigenvalue weighted by Gasteiger charge is 2.18. The van der Waals surface area contributed by atoms with Crippen LogP contribution in [0.3, 0.4) is 0 Å². The van der Waals surface area contributed by atoms with Crippen LogP contribution < -0.4 is 5.73 Å². The number of hydrogen-bond acceptors (Lipinski definition) is 5. The summed E-state index contributed by atoms with van der Waals surface area (Å²) in [6.07, 6.45) is 1.76. The van der Waals surface area contributed by atoms with E-state index in [0.717, 1.165) is 16.0 Å². The number of nitrogens with zero attached hydrogens (tertiary/aromatic N) is 2. The van der Waals surface area contributed by atoms with E-state index in [1.165, 1.54) is 16.9 Å². The maximum atomic E-state index is 5.96. The fourth-order valence-corrected chi connectivity index (χ4v) is 2.72. The molecular formula is C15H15N3OS. The molecule has 0 fully saturated rings. The van der Waals surface area contributed by atoms with Crippen molar-refractivity contribution in [1.82, 2.24) is 10.1 Å². The van der Waals surface area contributed by atoms with Crippen molar-refractivity contribution < 1.29 is 4.52 Å². The SMILES string of the molecule is CC(C)c1ccc(-c2c(N)noc2-c2cncs2)cc1. The largest absolute Gasteiger partial charge is 0.380 e. The monoisotopic (exact) mass is 285 g/mol. The Bertz CT molecular complexity index is 699. The van der Waals surface area contributed by atoms with Gasteiger partial charge in [-0.2, -0.15) is 0 Å². The van der Waals surface area contributed by atoms with Gasteiger partial charge in [0, 0.05) is 6.20 Å². The topological polar surface area (TPSA) is 64.9 Å². The summed E-state index contributed by atoms with van der Waals surface area (Å²) in [4.78, 5) is 5.00. The normalized spacial score (nSPS) is 11.2. The van der Waals surface area contributed by atoms with Crippen LogP contribution in [0, 0.1) is 0 Å². The van der Waals surface area contributed by atoms with E-state index in [4.69, 9.17) is 10.3 Å². The third-order valence-corrected chi connectivity index (χ3v) is 4.01. The minimum atomic E-state index is 0.408. The zero-order valence-corrected chi connectivity index (χ0v) is 12.1. The molecule has 2 heterocycles. The molecule has 102 valence electrons. The van der Waals surface area contributed by atoms with E-state index in [2.05, 4.69) is 48.3 Å². The van der Waals surface area contributed by atoms with E-state index in [1.54, 1.807) is 11.7 Å². The first-order valence-electron chi connectivity index (χ1n) is 6.41. The van der Waals surface area contributed by atoms with Crippen molar-refractivity contribution >= 4 is 17.2 Å². The average Bonchev–Trinajstić information content (AvgIpc) is 3.07. The lowest BCUT2D eigenvalue weighted by Crippen LogP contribution is -1.90. The lowest BCUT2D eigenvalue weighted by Gasteiger charge is -2.06. The first-order valence-corrected chi connectivity index (χ1v) is 7.29. The number of nitrogens with two attached hydrogens (primary N) is 1. The number of anilines is 1. The van der Waals surface area contributed by atoms with Crippen LogP contribution in [0.4, 0.5) is 5.82 Å². The number of nitrogen functional groups attached to an aromatic ring is 1. The molecule has 0 spiro atoms. The Balaban J connectivity index is 2.08. The molecule has 2 aromatic heterocycles. The lowest BCUT2D eigenvalue weighted by atomic mass is 9.98. The molecule has 0 saturated heterocycles. The van der Waals surface area contributed by atoms with Crippen LogP contribution in [0.25, 0.3) is 21.8 Å². The molecule has 0 amide bonds. The predicted octanol–water partition coefficient (Wildman–Crippen LogP) is 4.17. The second kappa shape index (κ2) is 5.09. The van der Waals surface area contributed by atoms with Gasteiger partial charge >= 0.3 is 0 Å². The zero-order valence-electron chi connectivity index (χ0n) is 11.3. The Kier molecular flexibility index (Phi) is 3.28. The molecule has 1 aromatic carbocycles. The number of hydrogen-bond donors (Lipinski definition) is 1. The maximum absolute atomic E-state index is 5.96. The number of thiazole rings is 1. The van der Waals surface area contributed by atoms with Crippen LogP contribution in [0.1, 0.15) is 25.3 Å². The van der Waals surface area contributed by atoms with Crippen molar-refractivity contribution in [3.05, 3.63) is 41.5 Å². The molecule has 3 rings (SSSR count). The fourth-order valence-electron chi connectivity index (χ4n) is 2.11. The molecule has 0 unspecified atom stereocenters. The third kappa shape index (κ3) is 2.20. The van der Waals surface area contributed by atoms with Crippen LogP contribution in [-0.2, 0) is 0 Å². The molecule has 2 N–H and O–H groups in total. The minimum Gasteiger partial charge on any atom is -0.380 e. The second-order valence-corrected chi connectivity index (χ2v) is 5.80. The molecule has 0 saturated carbocycles. The summed E-state index contributed by atoms with van der Waals surface area (Å²) in [7, 11) is 0. The van der Waals surface area contributed by atoms with Crippen molar-refractivity contribution in [2.24, 2.45) is 0 Å². The van der Waals surface area contributed by atoms with E-state index in [1.807, 2.05) is 0 Å². The van der Waals surface area contributed by atoms with E-state index < -0.39 is 0 Å². The third-order valence-electron chi connectivity index (χ3n) is 3.24. The number of rotatable bonds is 3. The molecule has 20 heavy (non-hydrogen) atoms. The maximum Gasteiger partial charge on any atom is 0.188 e. The van der Waals surface area contributed by atoms with Crippen LogP contribution in [0.2, 0.25) is 0 Å².